The molecule has 1 aromatic heterocycles. The number of Topliss-reactive ketones (excluding diaryl/α,β-unsaturated/α-hetero) is 1. The lowest BCUT2D eigenvalue weighted by Gasteiger charge is -2.34. The van der Waals surface area contributed by atoms with Crippen LogP contribution in [0.5, 0.6) is 0 Å². The van der Waals surface area contributed by atoms with Crippen molar-refractivity contribution in [3.05, 3.63) is 77.6 Å². The summed E-state index contributed by atoms with van der Waals surface area (Å²) in [7, 11) is 3.33. The van der Waals surface area contributed by atoms with Gasteiger partial charge >= 0.3 is 0 Å². The van der Waals surface area contributed by atoms with Crippen LogP contribution < -0.4 is 4.90 Å². The van der Waals surface area contributed by atoms with Gasteiger partial charge in [-0.1, -0.05) is 48.7 Å². The number of aromatic nitrogens is 1. The predicted molar refractivity (Wildman–Crippen MR) is 139 cm³/mol. The summed E-state index contributed by atoms with van der Waals surface area (Å²) in [5, 5.41) is 15.3. The van der Waals surface area contributed by atoms with E-state index in [0.717, 1.165) is 37.7 Å². The summed E-state index contributed by atoms with van der Waals surface area (Å²) in [6, 6.07) is 14.9. The van der Waals surface area contributed by atoms with Crippen molar-refractivity contribution < 1.29 is 24.0 Å². The third kappa shape index (κ3) is 4.55. The van der Waals surface area contributed by atoms with E-state index < -0.39 is 17.7 Å². The molecule has 3 aromatic rings. The first kappa shape index (κ1) is 24.5. The van der Waals surface area contributed by atoms with Gasteiger partial charge in [0.25, 0.3) is 17.6 Å². The van der Waals surface area contributed by atoms with Crippen molar-refractivity contribution in [3.63, 3.8) is 0 Å². The van der Waals surface area contributed by atoms with Crippen LogP contribution >= 0.6 is 0 Å². The number of anilines is 1. The molecule has 2 aromatic carbocycles. The molecule has 2 amide bonds. The summed E-state index contributed by atoms with van der Waals surface area (Å²) >= 11 is 0. The number of carbonyl (C=O) groups excluding carboxylic acids is 3. The Morgan fingerprint density at radius 2 is 1.59 bits per heavy atom. The number of aliphatic hydroxyl groups excluding tert-OH is 1. The van der Waals surface area contributed by atoms with Gasteiger partial charge in [0, 0.05) is 42.5 Å². The van der Waals surface area contributed by atoms with Crippen molar-refractivity contribution in [1.82, 2.24) is 10.1 Å². The van der Waals surface area contributed by atoms with Crippen molar-refractivity contribution in [2.24, 2.45) is 5.92 Å². The third-order valence-electron chi connectivity index (χ3n) is 7.27. The summed E-state index contributed by atoms with van der Waals surface area (Å²) in [6.45, 7) is 0. The SMILES string of the molecule is CN(C)C(=O)c1ccc(/C(O)=C2/C(=O)C(=O)N(c3ccc(-c4ccon4)cc3)C2C2CCCCC2)cc1. The van der Waals surface area contributed by atoms with E-state index in [1.807, 2.05) is 12.1 Å². The van der Waals surface area contributed by atoms with Crippen molar-refractivity contribution in [3.8, 4) is 11.3 Å². The van der Waals surface area contributed by atoms with Crippen LogP contribution in [0, 0.1) is 5.92 Å². The fourth-order valence-electron chi connectivity index (χ4n) is 5.37. The van der Waals surface area contributed by atoms with E-state index in [1.54, 1.807) is 61.5 Å². The molecule has 1 aliphatic carbocycles. The Hall–Kier alpha value is -4.20. The van der Waals surface area contributed by atoms with Crippen molar-refractivity contribution in [2.75, 3.05) is 19.0 Å². The maximum Gasteiger partial charge on any atom is 0.299 e. The molecule has 2 heterocycles. The Morgan fingerprint density at radius 3 is 2.19 bits per heavy atom. The third-order valence-corrected chi connectivity index (χ3v) is 7.27. The smallest absolute Gasteiger partial charge is 0.299 e. The van der Waals surface area contributed by atoms with E-state index in [9.17, 15) is 19.5 Å². The summed E-state index contributed by atoms with van der Waals surface area (Å²) in [6.07, 6.45) is 6.37. The lowest BCUT2D eigenvalue weighted by atomic mass is 9.80. The van der Waals surface area contributed by atoms with Gasteiger partial charge in [-0.15, -0.1) is 0 Å². The average Bonchev–Trinajstić information content (AvgIpc) is 3.56. The molecule has 190 valence electrons. The molecule has 8 heteroatoms. The first-order chi connectivity index (χ1) is 17.9. The summed E-state index contributed by atoms with van der Waals surface area (Å²) in [5.74, 6) is -1.66. The number of rotatable bonds is 5. The second kappa shape index (κ2) is 10.0. The highest BCUT2D eigenvalue weighted by atomic mass is 16.5. The lowest BCUT2D eigenvalue weighted by molar-refractivity contribution is -0.132. The number of aliphatic hydroxyl groups is 1. The number of amides is 2. The molecular weight excluding hydrogens is 470 g/mol. The highest BCUT2D eigenvalue weighted by Gasteiger charge is 2.49. The quantitative estimate of drug-likeness (QED) is 0.305. The molecule has 1 saturated carbocycles. The maximum absolute atomic E-state index is 13.4. The number of benzene rings is 2. The fraction of sp³-hybridized carbons (Fsp3) is 0.310. The van der Waals surface area contributed by atoms with E-state index in [2.05, 4.69) is 5.16 Å². The Balaban J connectivity index is 1.55. The molecule has 5 rings (SSSR count). The van der Waals surface area contributed by atoms with Crippen LogP contribution in [0.4, 0.5) is 5.69 Å². The second-order valence-corrected chi connectivity index (χ2v) is 9.82. The average molecular weight is 500 g/mol. The van der Waals surface area contributed by atoms with Gasteiger partial charge < -0.3 is 14.5 Å². The molecule has 0 bridgehead atoms. The van der Waals surface area contributed by atoms with Crippen LogP contribution in [0.1, 0.15) is 48.0 Å². The Bertz CT molecular complexity index is 1340. The van der Waals surface area contributed by atoms with Gasteiger partial charge in [0.15, 0.2) is 0 Å². The first-order valence-corrected chi connectivity index (χ1v) is 12.5. The molecule has 0 spiro atoms. The highest BCUT2D eigenvalue weighted by molar-refractivity contribution is 6.51. The number of ketones is 1. The minimum Gasteiger partial charge on any atom is -0.507 e. The van der Waals surface area contributed by atoms with Gasteiger partial charge in [-0.2, -0.15) is 0 Å². The Kier molecular flexibility index (Phi) is 6.65. The zero-order valence-corrected chi connectivity index (χ0v) is 20.9. The number of hydrogen-bond donors (Lipinski definition) is 1. The standard InChI is InChI=1S/C29H29N3O5/c1-31(2)28(35)21-10-8-20(9-11-21)26(33)24-25(19-6-4-3-5-7-19)32(29(36)27(24)34)22-14-12-18(13-15-22)23-16-17-37-30-23/h8-17,19,25,33H,3-7H2,1-2H3/b26-24-. The number of hydrogen-bond acceptors (Lipinski definition) is 6. The zero-order chi connectivity index (χ0) is 26.1. The van der Waals surface area contributed by atoms with Crippen molar-refractivity contribution in [1.29, 1.82) is 0 Å². The molecule has 1 atom stereocenters. The lowest BCUT2D eigenvalue weighted by Crippen LogP contribution is -2.40. The summed E-state index contributed by atoms with van der Waals surface area (Å²) < 4.78 is 4.93. The van der Waals surface area contributed by atoms with Crippen molar-refractivity contribution >= 4 is 29.0 Å². The van der Waals surface area contributed by atoms with E-state index in [0.29, 0.717) is 22.5 Å². The molecule has 1 N–H and O–H groups in total. The van der Waals surface area contributed by atoms with Crippen LogP contribution in [0.3, 0.4) is 0 Å². The molecule has 2 aliphatic rings. The largest absolute Gasteiger partial charge is 0.507 e. The van der Waals surface area contributed by atoms with Crippen molar-refractivity contribution in [2.45, 2.75) is 38.1 Å². The summed E-state index contributed by atoms with van der Waals surface area (Å²) in [5.41, 5.74) is 3.10. The molecule has 1 aliphatic heterocycles. The number of nitrogens with zero attached hydrogens (tertiary/aromatic N) is 3. The second-order valence-electron chi connectivity index (χ2n) is 9.82. The fourth-order valence-corrected chi connectivity index (χ4v) is 5.37. The molecular formula is C29H29N3O5. The number of carbonyl (C=O) groups is 3. The Morgan fingerprint density at radius 1 is 0.946 bits per heavy atom. The van der Waals surface area contributed by atoms with Gasteiger partial charge in [0.2, 0.25) is 0 Å². The predicted octanol–water partition coefficient (Wildman–Crippen LogP) is 4.88. The molecule has 1 saturated heterocycles. The highest BCUT2D eigenvalue weighted by Crippen LogP contribution is 2.41. The van der Waals surface area contributed by atoms with Crippen LogP contribution in [0.25, 0.3) is 17.0 Å². The minimum atomic E-state index is -0.693. The monoisotopic (exact) mass is 499 g/mol. The van der Waals surface area contributed by atoms with Gasteiger partial charge in [0.05, 0.1) is 11.6 Å². The normalized spacial score (nSPS) is 19.8. The van der Waals surface area contributed by atoms with Gasteiger partial charge in [-0.05, 0) is 43.0 Å². The Labute approximate surface area is 215 Å². The topological polar surface area (TPSA) is 104 Å². The molecule has 2 fully saturated rings. The molecule has 37 heavy (non-hydrogen) atoms. The first-order valence-electron chi connectivity index (χ1n) is 12.5. The van der Waals surface area contributed by atoms with Gasteiger partial charge in [-0.3, -0.25) is 19.3 Å². The van der Waals surface area contributed by atoms with E-state index in [-0.39, 0.29) is 23.2 Å². The van der Waals surface area contributed by atoms with Crippen LogP contribution in [-0.2, 0) is 9.59 Å². The zero-order valence-electron chi connectivity index (χ0n) is 20.9. The van der Waals surface area contributed by atoms with E-state index >= 15 is 0 Å². The molecule has 8 nitrogen and oxygen atoms in total. The van der Waals surface area contributed by atoms with E-state index in [4.69, 9.17) is 4.52 Å². The van der Waals surface area contributed by atoms with Crippen LogP contribution in [0.15, 0.2) is 71.0 Å². The van der Waals surface area contributed by atoms with Gasteiger partial charge in [0.1, 0.15) is 17.7 Å². The van der Waals surface area contributed by atoms with E-state index in [1.165, 1.54) is 11.2 Å². The minimum absolute atomic E-state index is 0.0473. The van der Waals surface area contributed by atoms with Gasteiger partial charge in [-0.25, -0.2) is 0 Å². The van der Waals surface area contributed by atoms with Crippen LogP contribution in [-0.4, -0.2) is 52.9 Å². The molecule has 0 radical (unpaired) electrons. The summed E-state index contributed by atoms with van der Waals surface area (Å²) in [4.78, 5) is 42.1. The molecule has 1 unspecified atom stereocenters. The maximum atomic E-state index is 13.4. The van der Waals surface area contributed by atoms with Crippen LogP contribution in [0.2, 0.25) is 0 Å².